The predicted molar refractivity (Wildman–Crippen MR) is 170 cm³/mol. The Hall–Kier alpha value is -2.85. The number of carbonyl (C=O) groups excluding carboxylic acids is 3. The van der Waals surface area contributed by atoms with E-state index in [-0.39, 0.29) is 41.0 Å². The molecule has 3 N–H and O–H groups in total. The minimum atomic E-state index is -0.955. The maximum absolute atomic E-state index is 13.2. The van der Waals surface area contributed by atoms with E-state index in [0.29, 0.717) is 28.4 Å². The molecule has 8 nitrogen and oxygen atoms in total. The van der Waals surface area contributed by atoms with Gasteiger partial charge in [0.25, 0.3) is 11.8 Å². The third-order valence-electron chi connectivity index (χ3n) is 6.74. The first-order valence-corrected chi connectivity index (χ1v) is 14.4. The molecule has 0 aromatic heterocycles. The van der Waals surface area contributed by atoms with Crippen molar-refractivity contribution in [3.05, 3.63) is 98.0 Å². The number of nitrogens with one attached hydrogen (secondary N) is 3. The maximum atomic E-state index is 13.2. The molecule has 1 aliphatic heterocycles. The largest absolute Gasteiger partial charge is 0.463 e. The summed E-state index contributed by atoms with van der Waals surface area (Å²) in [4.78, 5) is 41.3. The average Bonchev–Trinajstić information content (AvgIpc) is 2.94. The fourth-order valence-corrected chi connectivity index (χ4v) is 5.40. The summed E-state index contributed by atoms with van der Waals surface area (Å²) in [7, 11) is 0. The van der Waals surface area contributed by atoms with Gasteiger partial charge in [-0.3, -0.25) is 14.5 Å². The zero-order valence-electron chi connectivity index (χ0n) is 22.9. The van der Waals surface area contributed by atoms with Crippen LogP contribution in [0.15, 0.2) is 60.7 Å². The number of aryl methyl sites for hydroxylation is 1. The van der Waals surface area contributed by atoms with Crippen LogP contribution in [-0.2, 0) is 16.0 Å². The molecule has 12 heteroatoms. The molecular formula is C30H32Cl4N4O4. The second-order valence-electron chi connectivity index (χ2n) is 9.67. The molecule has 2 amide bonds. The summed E-state index contributed by atoms with van der Waals surface area (Å²) in [5.41, 5.74) is 2.45. The lowest BCUT2D eigenvalue weighted by Crippen LogP contribution is -2.46. The topological polar surface area (TPSA) is 99.8 Å². The third kappa shape index (κ3) is 9.07. The molecule has 1 aliphatic rings. The van der Waals surface area contributed by atoms with E-state index in [1.807, 2.05) is 0 Å². The Kier molecular flexibility index (Phi) is 12.9. The van der Waals surface area contributed by atoms with E-state index in [2.05, 4.69) is 20.9 Å². The van der Waals surface area contributed by atoms with Gasteiger partial charge in [-0.25, -0.2) is 4.79 Å². The van der Waals surface area contributed by atoms with Crippen molar-refractivity contribution >= 4 is 70.7 Å². The highest BCUT2D eigenvalue weighted by atomic mass is 35.5. The van der Waals surface area contributed by atoms with Crippen LogP contribution in [0.3, 0.4) is 0 Å². The van der Waals surface area contributed by atoms with E-state index in [0.717, 1.165) is 31.7 Å². The van der Waals surface area contributed by atoms with Crippen LogP contribution >= 0.6 is 47.2 Å². The van der Waals surface area contributed by atoms with Gasteiger partial charge in [0.1, 0.15) is 12.6 Å². The number of piperazine rings is 1. The lowest BCUT2D eigenvalue weighted by molar-refractivity contribution is -0.146. The van der Waals surface area contributed by atoms with Crippen molar-refractivity contribution in [1.82, 2.24) is 15.5 Å². The smallest absolute Gasteiger partial charge is 0.329 e. The molecule has 4 rings (SSSR count). The van der Waals surface area contributed by atoms with Crippen LogP contribution in [0.5, 0.6) is 0 Å². The fraction of sp³-hybridized carbons (Fsp3) is 0.300. The monoisotopic (exact) mass is 652 g/mol. The molecule has 0 spiro atoms. The molecule has 0 aliphatic carbocycles. The number of esters is 1. The van der Waals surface area contributed by atoms with E-state index in [4.69, 9.17) is 39.5 Å². The number of anilines is 1. The normalized spacial score (nSPS) is 13.9. The van der Waals surface area contributed by atoms with Crippen LogP contribution in [0.4, 0.5) is 5.69 Å². The number of rotatable bonds is 10. The van der Waals surface area contributed by atoms with Crippen LogP contribution in [-0.4, -0.2) is 68.1 Å². The van der Waals surface area contributed by atoms with Crippen LogP contribution < -0.4 is 16.0 Å². The number of hydrogen-bond donors (Lipinski definition) is 3. The van der Waals surface area contributed by atoms with Gasteiger partial charge in [-0.1, -0.05) is 65.1 Å². The SMILES string of the molecule is Cc1cccc(Cl)c1C(=O)N[C@@H](Cc1ccc(NC(=O)c2c(Cl)cccc2Cl)cc1)C(=O)OCCN1CCNCC1.Cl. The van der Waals surface area contributed by atoms with Gasteiger partial charge in [-0.15, -0.1) is 12.4 Å². The number of hydrogen-bond acceptors (Lipinski definition) is 6. The van der Waals surface area contributed by atoms with Crippen molar-refractivity contribution in [2.45, 2.75) is 19.4 Å². The summed E-state index contributed by atoms with van der Waals surface area (Å²) < 4.78 is 5.59. The molecule has 224 valence electrons. The van der Waals surface area contributed by atoms with Gasteiger partial charge >= 0.3 is 5.97 Å². The summed E-state index contributed by atoms with van der Waals surface area (Å²) in [5, 5.41) is 9.67. The molecule has 0 radical (unpaired) electrons. The molecule has 3 aromatic rings. The van der Waals surface area contributed by atoms with E-state index in [9.17, 15) is 14.4 Å². The first-order valence-electron chi connectivity index (χ1n) is 13.2. The minimum absolute atomic E-state index is 0. The van der Waals surface area contributed by atoms with Gasteiger partial charge < -0.3 is 20.7 Å². The number of ether oxygens (including phenoxy) is 1. The lowest BCUT2D eigenvalue weighted by Gasteiger charge is -2.27. The predicted octanol–water partition coefficient (Wildman–Crippen LogP) is 5.42. The Bertz CT molecular complexity index is 1360. The number of nitrogens with zero attached hydrogens (tertiary/aromatic N) is 1. The van der Waals surface area contributed by atoms with Gasteiger partial charge in [0.15, 0.2) is 0 Å². The molecule has 1 heterocycles. The van der Waals surface area contributed by atoms with Crippen molar-refractivity contribution in [1.29, 1.82) is 0 Å². The van der Waals surface area contributed by atoms with Crippen molar-refractivity contribution in [2.24, 2.45) is 0 Å². The molecule has 0 saturated carbocycles. The highest BCUT2D eigenvalue weighted by Crippen LogP contribution is 2.25. The fourth-order valence-electron chi connectivity index (χ4n) is 4.52. The average molecular weight is 654 g/mol. The summed E-state index contributed by atoms with van der Waals surface area (Å²) >= 11 is 18.6. The first kappa shape index (κ1) is 33.6. The lowest BCUT2D eigenvalue weighted by atomic mass is 10.0. The van der Waals surface area contributed by atoms with Crippen molar-refractivity contribution in [2.75, 3.05) is 44.6 Å². The van der Waals surface area contributed by atoms with Crippen LogP contribution in [0.25, 0.3) is 0 Å². The Balaban J connectivity index is 0.00000484. The highest BCUT2D eigenvalue weighted by Gasteiger charge is 2.26. The maximum Gasteiger partial charge on any atom is 0.329 e. The Morgan fingerprint density at radius 1 is 0.881 bits per heavy atom. The van der Waals surface area contributed by atoms with E-state index >= 15 is 0 Å². The Morgan fingerprint density at radius 2 is 1.48 bits per heavy atom. The Morgan fingerprint density at radius 3 is 2.10 bits per heavy atom. The number of carbonyl (C=O) groups is 3. The number of benzene rings is 3. The standard InChI is InChI=1S/C30H31Cl3N4O4.ClH/c1-19-4-2-5-22(31)26(19)28(38)36-25(30(40)41-17-16-37-14-12-34-13-15-37)18-20-8-10-21(11-9-20)35-29(39)27-23(32)6-3-7-24(27)33;/h2-11,25,34H,12-18H2,1H3,(H,35,39)(H,36,38);1H/t25-;/m0./s1. The highest BCUT2D eigenvalue weighted by molar-refractivity contribution is 6.40. The zero-order valence-corrected chi connectivity index (χ0v) is 26.0. The van der Waals surface area contributed by atoms with Gasteiger partial charge in [-0.2, -0.15) is 0 Å². The second-order valence-corrected chi connectivity index (χ2v) is 10.9. The van der Waals surface area contributed by atoms with E-state index < -0.39 is 23.8 Å². The summed E-state index contributed by atoms with van der Waals surface area (Å²) in [6, 6.07) is 16.0. The molecular weight excluding hydrogens is 622 g/mol. The van der Waals surface area contributed by atoms with Crippen molar-refractivity contribution in [3.8, 4) is 0 Å². The third-order valence-corrected chi connectivity index (χ3v) is 7.69. The van der Waals surface area contributed by atoms with Crippen molar-refractivity contribution < 1.29 is 19.1 Å². The summed E-state index contributed by atoms with van der Waals surface area (Å²) in [6.45, 7) is 6.17. The van der Waals surface area contributed by atoms with Crippen molar-refractivity contribution in [3.63, 3.8) is 0 Å². The van der Waals surface area contributed by atoms with Crippen LogP contribution in [0.1, 0.15) is 31.8 Å². The molecule has 1 fully saturated rings. The molecule has 0 unspecified atom stereocenters. The second kappa shape index (κ2) is 16.1. The van der Waals surface area contributed by atoms with Crippen LogP contribution in [0, 0.1) is 6.92 Å². The van der Waals surface area contributed by atoms with Gasteiger partial charge in [0, 0.05) is 44.8 Å². The molecule has 0 bridgehead atoms. The molecule has 3 aromatic carbocycles. The van der Waals surface area contributed by atoms with Crippen LogP contribution in [0.2, 0.25) is 15.1 Å². The summed E-state index contributed by atoms with van der Waals surface area (Å²) in [6.07, 6.45) is 0.173. The van der Waals surface area contributed by atoms with E-state index in [1.54, 1.807) is 67.6 Å². The summed E-state index contributed by atoms with van der Waals surface area (Å²) in [5.74, 6) is -1.44. The first-order chi connectivity index (χ1) is 19.7. The molecule has 1 atom stereocenters. The minimum Gasteiger partial charge on any atom is -0.463 e. The number of amides is 2. The van der Waals surface area contributed by atoms with E-state index in [1.165, 1.54) is 0 Å². The van der Waals surface area contributed by atoms with Gasteiger partial charge in [-0.05, 0) is 48.4 Å². The van der Waals surface area contributed by atoms with Gasteiger partial charge in [0.05, 0.1) is 26.2 Å². The quantitative estimate of drug-likeness (QED) is 0.253. The molecule has 42 heavy (non-hydrogen) atoms. The zero-order chi connectivity index (χ0) is 29.4. The van der Waals surface area contributed by atoms with Gasteiger partial charge in [0.2, 0.25) is 0 Å². The molecule has 1 saturated heterocycles. The Labute approximate surface area is 266 Å². The number of halogens is 4.